The average molecular weight is 775 g/mol. The molecule has 0 atom stereocenters. The standard InChI is InChI=1S/C52H58N2O4/c1-8-10-12-17-37-29-45(55)48(51(56)47(37)44-28-36-16-14-15-19-43(36)53-44)42-27-35(21-23-40(42)33(5)6)31-58-46-30-38(18-13-11-9-2)50(54-24-25-54)52(57)49(46)41-26-34(7)20-22-39(41)32(3)4/h14-16,19-23,26-30,53,55-57H,3,5,8-13,17-18,24-25,31H2,1-2,4,6-7H3. The van der Waals surface area contributed by atoms with E-state index in [9.17, 15) is 15.3 Å². The van der Waals surface area contributed by atoms with Crippen molar-refractivity contribution in [3.8, 4) is 56.5 Å². The van der Waals surface area contributed by atoms with Gasteiger partial charge < -0.3 is 29.9 Å². The molecule has 6 aromatic rings. The lowest BCUT2D eigenvalue weighted by atomic mass is 9.88. The summed E-state index contributed by atoms with van der Waals surface area (Å²) < 4.78 is 6.83. The molecule has 0 unspecified atom stereocenters. The summed E-state index contributed by atoms with van der Waals surface area (Å²) in [5.41, 5.74) is 13.4. The van der Waals surface area contributed by atoms with Crippen LogP contribution in [0.5, 0.6) is 23.0 Å². The molecule has 0 aliphatic carbocycles. The lowest BCUT2D eigenvalue weighted by molar-refractivity contribution is 0.305. The number of unbranched alkanes of at least 4 members (excludes halogenated alkanes) is 4. The Kier molecular flexibility index (Phi) is 12.0. The number of nitrogens with zero attached hydrogens (tertiary/aromatic N) is 1. The van der Waals surface area contributed by atoms with Gasteiger partial charge in [0.2, 0.25) is 0 Å². The Balaban J connectivity index is 1.35. The third kappa shape index (κ3) is 8.24. The number of hydrogen-bond acceptors (Lipinski definition) is 5. The van der Waals surface area contributed by atoms with Gasteiger partial charge >= 0.3 is 0 Å². The number of H-pyrrole nitrogens is 1. The van der Waals surface area contributed by atoms with Gasteiger partial charge in [0, 0.05) is 29.6 Å². The van der Waals surface area contributed by atoms with Gasteiger partial charge in [0.1, 0.15) is 23.9 Å². The number of aromatic nitrogens is 1. The predicted octanol–water partition coefficient (Wildman–Crippen LogP) is 13.5. The Bertz CT molecular complexity index is 2470. The van der Waals surface area contributed by atoms with E-state index in [2.05, 4.69) is 80.2 Å². The maximum atomic E-state index is 12.3. The zero-order chi connectivity index (χ0) is 41.1. The zero-order valence-corrected chi connectivity index (χ0v) is 34.9. The van der Waals surface area contributed by atoms with Crippen LogP contribution in [0.1, 0.15) is 99.6 Å². The number of nitrogens with one attached hydrogen (secondary N) is 1. The van der Waals surface area contributed by atoms with Crippen LogP contribution < -0.4 is 9.64 Å². The van der Waals surface area contributed by atoms with Gasteiger partial charge in [-0.15, -0.1) is 0 Å². The molecule has 0 spiro atoms. The van der Waals surface area contributed by atoms with Crippen molar-refractivity contribution in [2.24, 2.45) is 0 Å². The highest BCUT2D eigenvalue weighted by atomic mass is 16.5. The number of aromatic hydroxyl groups is 3. The number of phenolic OH excluding ortho intramolecular Hbond substituents is 3. The highest BCUT2D eigenvalue weighted by Gasteiger charge is 2.30. The molecule has 300 valence electrons. The summed E-state index contributed by atoms with van der Waals surface area (Å²) in [5, 5.41) is 37.5. The largest absolute Gasteiger partial charge is 0.507 e. The lowest BCUT2D eigenvalue weighted by Gasteiger charge is -2.23. The van der Waals surface area contributed by atoms with Gasteiger partial charge in [-0.3, -0.25) is 0 Å². The first-order valence-corrected chi connectivity index (χ1v) is 21.0. The SMILES string of the molecule is C=C(C)c1ccc(COc2cc(CCCCC)c(N3CC3)c(O)c2-c2cc(C)ccc2C(=C)C)cc1-c1c(O)cc(CCCCC)c(-c2cc3ccccc3[nH]2)c1O. The van der Waals surface area contributed by atoms with E-state index < -0.39 is 0 Å². The van der Waals surface area contributed by atoms with E-state index in [4.69, 9.17) is 4.74 Å². The molecule has 7 rings (SSSR count). The topological polar surface area (TPSA) is 88.7 Å². The maximum absolute atomic E-state index is 12.3. The molecular weight excluding hydrogens is 717 g/mol. The Morgan fingerprint density at radius 2 is 1.36 bits per heavy atom. The molecule has 5 aromatic carbocycles. The molecule has 6 nitrogen and oxygen atoms in total. The van der Waals surface area contributed by atoms with Crippen molar-refractivity contribution < 1.29 is 20.1 Å². The van der Waals surface area contributed by atoms with E-state index in [1.807, 2.05) is 56.3 Å². The fourth-order valence-corrected chi connectivity index (χ4v) is 8.35. The Morgan fingerprint density at radius 3 is 2.02 bits per heavy atom. The number of anilines is 1. The summed E-state index contributed by atoms with van der Waals surface area (Å²) in [4.78, 5) is 5.77. The fourth-order valence-electron chi connectivity index (χ4n) is 8.35. The molecule has 0 radical (unpaired) electrons. The van der Waals surface area contributed by atoms with Gasteiger partial charge in [-0.25, -0.2) is 0 Å². The number of aromatic amines is 1. The van der Waals surface area contributed by atoms with Crippen LogP contribution in [-0.4, -0.2) is 33.4 Å². The van der Waals surface area contributed by atoms with Crippen LogP contribution in [0.3, 0.4) is 0 Å². The van der Waals surface area contributed by atoms with E-state index in [0.717, 1.165) is 137 Å². The maximum Gasteiger partial charge on any atom is 0.150 e. The highest BCUT2D eigenvalue weighted by Crippen LogP contribution is 2.51. The molecule has 1 aliphatic heterocycles. The van der Waals surface area contributed by atoms with Crippen molar-refractivity contribution in [2.75, 3.05) is 18.0 Å². The minimum atomic E-state index is 0.0193. The zero-order valence-electron chi connectivity index (χ0n) is 34.9. The Hall–Kier alpha value is -5.88. The van der Waals surface area contributed by atoms with Crippen LogP contribution in [0.15, 0.2) is 92.0 Å². The second-order valence-electron chi connectivity index (χ2n) is 16.2. The Morgan fingerprint density at radius 1 is 0.707 bits per heavy atom. The summed E-state index contributed by atoms with van der Waals surface area (Å²) in [6, 6.07) is 26.4. The molecule has 6 heteroatoms. The summed E-state index contributed by atoms with van der Waals surface area (Å²) in [7, 11) is 0. The van der Waals surface area contributed by atoms with Crippen molar-refractivity contribution in [2.45, 2.75) is 92.6 Å². The molecule has 58 heavy (non-hydrogen) atoms. The van der Waals surface area contributed by atoms with Gasteiger partial charge in [-0.05, 0) is 116 Å². The molecule has 0 saturated carbocycles. The number of ether oxygens (including phenoxy) is 1. The summed E-state index contributed by atoms with van der Waals surface area (Å²) >= 11 is 0. The van der Waals surface area contributed by atoms with Crippen LogP contribution in [0.25, 0.3) is 55.6 Å². The van der Waals surface area contributed by atoms with Gasteiger partial charge in [-0.1, -0.05) is 118 Å². The second kappa shape index (κ2) is 17.3. The van der Waals surface area contributed by atoms with Gasteiger partial charge in [0.05, 0.1) is 22.5 Å². The first kappa shape index (κ1) is 40.3. The molecule has 1 aromatic heterocycles. The smallest absolute Gasteiger partial charge is 0.150 e. The van der Waals surface area contributed by atoms with E-state index in [-0.39, 0.29) is 23.9 Å². The summed E-state index contributed by atoms with van der Waals surface area (Å²) in [5.74, 6) is 0.897. The van der Waals surface area contributed by atoms with Crippen molar-refractivity contribution in [3.63, 3.8) is 0 Å². The number of hydrogen-bond donors (Lipinski definition) is 4. The summed E-state index contributed by atoms with van der Waals surface area (Å²) in [6.07, 6.45) is 7.86. The molecule has 0 amide bonds. The number of phenols is 3. The number of allylic oxidation sites excluding steroid dienone is 2. The number of rotatable bonds is 17. The summed E-state index contributed by atoms with van der Waals surface area (Å²) in [6.45, 7) is 20.9. The van der Waals surface area contributed by atoms with E-state index >= 15 is 0 Å². The normalized spacial score (nSPS) is 12.3. The molecule has 0 bridgehead atoms. The first-order chi connectivity index (χ1) is 28.0. The van der Waals surface area contributed by atoms with Crippen molar-refractivity contribution >= 4 is 27.7 Å². The van der Waals surface area contributed by atoms with Crippen molar-refractivity contribution in [3.05, 3.63) is 125 Å². The number of fused-ring (bicyclic) bond motifs is 1. The monoisotopic (exact) mass is 774 g/mol. The van der Waals surface area contributed by atoms with Crippen LogP contribution in [-0.2, 0) is 19.4 Å². The van der Waals surface area contributed by atoms with Crippen molar-refractivity contribution in [1.82, 2.24) is 4.98 Å². The minimum absolute atomic E-state index is 0.0193. The highest BCUT2D eigenvalue weighted by molar-refractivity contribution is 5.95. The predicted molar refractivity (Wildman–Crippen MR) is 243 cm³/mol. The molecule has 2 heterocycles. The van der Waals surface area contributed by atoms with E-state index in [0.29, 0.717) is 28.0 Å². The molecular formula is C52H58N2O4. The molecule has 4 N–H and O–H groups in total. The third-order valence-corrected chi connectivity index (χ3v) is 11.5. The van der Waals surface area contributed by atoms with Crippen LogP contribution in [0.4, 0.5) is 5.69 Å². The van der Waals surface area contributed by atoms with Crippen LogP contribution >= 0.6 is 0 Å². The third-order valence-electron chi connectivity index (χ3n) is 11.5. The number of benzene rings is 5. The second-order valence-corrected chi connectivity index (χ2v) is 16.2. The van der Waals surface area contributed by atoms with Crippen LogP contribution in [0, 0.1) is 6.92 Å². The number of aryl methyl sites for hydroxylation is 3. The Labute approximate surface area is 344 Å². The van der Waals surface area contributed by atoms with Crippen LogP contribution in [0.2, 0.25) is 0 Å². The van der Waals surface area contributed by atoms with E-state index in [1.165, 1.54) is 0 Å². The van der Waals surface area contributed by atoms with Gasteiger partial charge in [0.15, 0.2) is 5.75 Å². The quantitative estimate of drug-likeness (QED) is 0.0547. The van der Waals surface area contributed by atoms with Gasteiger partial charge in [0.25, 0.3) is 0 Å². The number of para-hydroxylation sites is 1. The average Bonchev–Trinajstić information content (AvgIpc) is 3.94. The minimum Gasteiger partial charge on any atom is -0.507 e. The fraction of sp³-hybridized carbons (Fsp3) is 0.308. The van der Waals surface area contributed by atoms with E-state index in [1.54, 1.807) is 0 Å². The van der Waals surface area contributed by atoms with Crippen molar-refractivity contribution in [1.29, 1.82) is 0 Å². The first-order valence-electron chi connectivity index (χ1n) is 21.0. The van der Waals surface area contributed by atoms with Gasteiger partial charge in [-0.2, -0.15) is 0 Å². The molecule has 1 saturated heterocycles. The molecule has 1 aliphatic rings. The molecule has 1 fully saturated rings. The lowest BCUT2D eigenvalue weighted by Crippen LogP contribution is -2.05.